The summed E-state index contributed by atoms with van der Waals surface area (Å²) in [5.74, 6) is 0.951. The van der Waals surface area contributed by atoms with Crippen LogP contribution in [0.2, 0.25) is 0 Å². The Morgan fingerprint density at radius 1 is 1.14 bits per heavy atom. The number of hydrogen-bond acceptors (Lipinski definition) is 3. The van der Waals surface area contributed by atoms with E-state index in [-0.39, 0.29) is 12.4 Å². The first-order valence-electron chi connectivity index (χ1n) is 7.42. The molecule has 0 spiro atoms. The van der Waals surface area contributed by atoms with Crippen LogP contribution in [-0.2, 0) is 0 Å². The fourth-order valence-corrected chi connectivity index (χ4v) is 2.99. The zero-order chi connectivity index (χ0) is 13.8. The van der Waals surface area contributed by atoms with Gasteiger partial charge in [-0.25, -0.2) is 0 Å². The quantitative estimate of drug-likeness (QED) is 0.922. The van der Waals surface area contributed by atoms with Crippen LogP contribution in [0, 0.1) is 0 Å². The summed E-state index contributed by atoms with van der Waals surface area (Å²) in [5, 5.41) is 2.48. The molecule has 2 N–H and O–H groups in total. The Balaban J connectivity index is 0.00000161. The third-order valence-electron chi connectivity index (χ3n) is 4.14. The van der Waals surface area contributed by atoms with Crippen molar-refractivity contribution in [3.63, 3.8) is 0 Å². The molecular formula is C17H23ClN2O. The first-order valence-corrected chi connectivity index (χ1v) is 7.42. The van der Waals surface area contributed by atoms with Gasteiger partial charge in [-0.05, 0) is 42.3 Å². The maximum Gasteiger partial charge on any atom is 0.120 e. The SMILES string of the molecule is Cl.NCC1CCCN1CCOc1ccc2ccccc2c1. The average Bonchev–Trinajstić information content (AvgIpc) is 2.95. The van der Waals surface area contributed by atoms with Gasteiger partial charge in [0, 0.05) is 19.1 Å². The molecule has 2 aromatic carbocycles. The van der Waals surface area contributed by atoms with Gasteiger partial charge in [0.2, 0.25) is 0 Å². The smallest absolute Gasteiger partial charge is 0.120 e. The second-order valence-electron chi connectivity index (χ2n) is 5.43. The number of likely N-dealkylation sites (tertiary alicyclic amines) is 1. The zero-order valence-corrected chi connectivity index (χ0v) is 13.0. The number of nitrogens with two attached hydrogens (primary N) is 1. The first kappa shape index (κ1) is 16.1. The minimum atomic E-state index is 0. The number of benzene rings is 2. The van der Waals surface area contributed by atoms with E-state index in [9.17, 15) is 0 Å². The molecule has 21 heavy (non-hydrogen) atoms. The molecule has 4 heteroatoms. The van der Waals surface area contributed by atoms with Crippen LogP contribution in [0.5, 0.6) is 5.75 Å². The Morgan fingerprint density at radius 3 is 2.76 bits per heavy atom. The summed E-state index contributed by atoms with van der Waals surface area (Å²) in [6.07, 6.45) is 2.49. The molecule has 3 nitrogen and oxygen atoms in total. The Morgan fingerprint density at radius 2 is 1.95 bits per heavy atom. The summed E-state index contributed by atoms with van der Waals surface area (Å²) in [5.41, 5.74) is 5.79. The topological polar surface area (TPSA) is 38.5 Å². The molecule has 0 amide bonds. The molecule has 0 saturated carbocycles. The maximum atomic E-state index is 5.89. The lowest BCUT2D eigenvalue weighted by Gasteiger charge is -2.22. The van der Waals surface area contributed by atoms with Gasteiger partial charge in [0.15, 0.2) is 0 Å². The Bertz CT molecular complexity index is 575. The number of hydrogen-bond donors (Lipinski definition) is 1. The van der Waals surface area contributed by atoms with Crippen molar-refractivity contribution in [3.8, 4) is 5.75 Å². The van der Waals surface area contributed by atoms with Gasteiger partial charge >= 0.3 is 0 Å². The maximum absolute atomic E-state index is 5.89. The van der Waals surface area contributed by atoms with Crippen LogP contribution in [-0.4, -0.2) is 37.2 Å². The molecule has 1 aliphatic heterocycles. The van der Waals surface area contributed by atoms with Crippen molar-refractivity contribution >= 4 is 23.2 Å². The van der Waals surface area contributed by atoms with Crippen LogP contribution in [0.1, 0.15) is 12.8 Å². The summed E-state index contributed by atoms with van der Waals surface area (Å²) in [6, 6.07) is 15.2. The number of nitrogens with zero attached hydrogens (tertiary/aromatic N) is 1. The summed E-state index contributed by atoms with van der Waals surface area (Å²) < 4.78 is 5.89. The van der Waals surface area contributed by atoms with Gasteiger partial charge < -0.3 is 10.5 Å². The number of halogens is 1. The van der Waals surface area contributed by atoms with Gasteiger partial charge in [0.05, 0.1) is 0 Å². The molecule has 0 bridgehead atoms. The third kappa shape index (κ3) is 3.88. The summed E-state index contributed by atoms with van der Waals surface area (Å²) in [6.45, 7) is 3.61. The Kier molecular flexibility index (Phi) is 5.85. The molecule has 3 rings (SSSR count). The molecule has 1 saturated heterocycles. The number of ether oxygens (including phenoxy) is 1. The molecule has 0 radical (unpaired) electrons. The van der Waals surface area contributed by atoms with Gasteiger partial charge in [-0.3, -0.25) is 4.90 Å². The highest BCUT2D eigenvalue weighted by atomic mass is 35.5. The molecule has 1 aliphatic rings. The lowest BCUT2D eigenvalue weighted by Crippen LogP contribution is -2.37. The predicted octanol–water partition coefficient (Wildman–Crippen LogP) is 3.06. The second-order valence-corrected chi connectivity index (χ2v) is 5.43. The van der Waals surface area contributed by atoms with Crippen LogP contribution in [0.4, 0.5) is 0 Å². The highest BCUT2D eigenvalue weighted by Gasteiger charge is 2.22. The predicted molar refractivity (Wildman–Crippen MR) is 90.3 cm³/mol. The molecule has 1 heterocycles. The van der Waals surface area contributed by atoms with Crippen LogP contribution >= 0.6 is 12.4 Å². The van der Waals surface area contributed by atoms with Crippen LogP contribution in [0.25, 0.3) is 10.8 Å². The van der Waals surface area contributed by atoms with E-state index in [0.29, 0.717) is 6.04 Å². The van der Waals surface area contributed by atoms with Crippen molar-refractivity contribution in [2.45, 2.75) is 18.9 Å². The van der Waals surface area contributed by atoms with Gasteiger partial charge in [0.25, 0.3) is 0 Å². The van der Waals surface area contributed by atoms with Crippen LogP contribution in [0.15, 0.2) is 42.5 Å². The molecule has 1 atom stereocenters. The van der Waals surface area contributed by atoms with Crippen LogP contribution < -0.4 is 10.5 Å². The zero-order valence-electron chi connectivity index (χ0n) is 12.2. The van der Waals surface area contributed by atoms with Crippen molar-refractivity contribution in [1.29, 1.82) is 0 Å². The fourth-order valence-electron chi connectivity index (χ4n) is 2.99. The molecule has 2 aromatic rings. The Hall–Kier alpha value is -1.29. The highest BCUT2D eigenvalue weighted by Crippen LogP contribution is 2.21. The Labute approximate surface area is 132 Å². The van der Waals surface area contributed by atoms with E-state index in [2.05, 4.69) is 41.3 Å². The number of fused-ring (bicyclic) bond motifs is 1. The van der Waals surface area contributed by atoms with Crippen molar-refractivity contribution in [3.05, 3.63) is 42.5 Å². The second kappa shape index (κ2) is 7.64. The molecular weight excluding hydrogens is 284 g/mol. The standard InChI is InChI=1S/C17H22N2O.ClH/c18-13-16-6-3-9-19(16)10-11-20-17-8-7-14-4-1-2-5-15(14)12-17;/h1-2,4-5,7-8,12,16H,3,6,9-11,13,18H2;1H. The summed E-state index contributed by atoms with van der Waals surface area (Å²) in [7, 11) is 0. The van der Waals surface area contributed by atoms with Gasteiger partial charge in [-0.2, -0.15) is 0 Å². The summed E-state index contributed by atoms with van der Waals surface area (Å²) >= 11 is 0. The van der Waals surface area contributed by atoms with E-state index in [1.54, 1.807) is 0 Å². The van der Waals surface area contributed by atoms with E-state index < -0.39 is 0 Å². The van der Waals surface area contributed by atoms with Gasteiger partial charge in [0.1, 0.15) is 12.4 Å². The van der Waals surface area contributed by atoms with Crippen molar-refractivity contribution in [1.82, 2.24) is 4.90 Å². The molecule has 114 valence electrons. The fraction of sp³-hybridized carbons (Fsp3) is 0.412. The molecule has 0 aliphatic carbocycles. The minimum Gasteiger partial charge on any atom is -0.492 e. The monoisotopic (exact) mass is 306 g/mol. The molecule has 1 fully saturated rings. The van der Waals surface area contributed by atoms with E-state index in [1.807, 2.05) is 6.07 Å². The van der Waals surface area contributed by atoms with E-state index in [4.69, 9.17) is 10.5 Å². The average molecular weight is 307 g/mol. The van der Waals surface area contributed by atoms with Gasteiger partial charge in [-0.15, -0.1) is 12.4 Å². The molecule has 1 unspecified atom stereocenters. The lowest BCUT2D eigenvalue weighted by atomic mass is 10.1. The largest absolute Gasteiger partial charge is 0.492 e. The third-order valence-corrected chi connectivity index (χ3v) is 4.14. The van der Waals surface area contributed by atoms with Crippen LogP contribution in [0.3, 0.4) is 0 Å². The summed E-state index contributed by atoms with van der Waals surface area (Å²) in [4.78, 5) is 2.45. The lowest BCUT2D eigenvalue weighted by molar-refractivity contribution is 0.199. The van der Waals surface area contributed by atoms with E-state index in [0.717, 1.165) is 32.0 Å². The van der Waals surface area contributed by atoms with E-state index >= 15 is 0 Å². The van der Waals surface area contributed by atoms with Crippen molar-refractivity contribution in [2.75, 3.05) is 26.2 Å². The normalized spacial score (nSPS) is 18.6. The van der Waals surface area contributed by atoms with Gasteiger partial charge in [-0.1, -0.05) is 30.3 Å². The highest BCUT2D eigenvalue weighted by molar-refractivity contribution is 5.85. The first-order chi connectivity index (χ1) is 9.86. The molecule has 0 aromatic heterocycles. The van der Waals surface area contributed by atoms with Crippen molar-refractivity contribution < 1.29 is 4.74 Å². The number of rotatable bonds is 5. The van der Waals surface area contributed by atoms with E-state index in [1.165, 1.54) is 23.6 Å². The van der Waals surface area contributed by atoms with Crippen molar-refractivity contribution in [2.24, 2.45) is 5.73 Å². The minimum absolute atomic E-state index is 0.